The average molecular weight is 386 g/mol. The van der Waals surface area contributed by atoms with Crippen LogP contribution >= 0.6 is 0 Å². The monoisotopic (exact) mass is 386 g/mol. The molecule has 0 unspecified atom stereocenters. The lowest BCUT2D eigenvalue weighted by molar-refractivity contribution is 0.0383. The first kappa shape index (κ1) is 20.5. The summed E-state index contributed by atoms with van der Waals surface area (Å²) in [5, 5.41) is 5.83. The van der Waals surface area contributed by atoms with E-state index >= 15 is 0 Å². The molecule has 1 aromatic heterocycles. The predicted octanol–water partition coefficient (Wildman–Crippen LogP) is 1.76. The standard InChI is InChI=1S/C21H30N4O3/c26-20(23-7-6-17-4-2-1-3-5-17)18-14-19(16-22-15-18)21(27)24-8-9-25-10-12-28-13-11-25/h4,14-16H,1-3,5-13H2,(H,23,26)(H,24,27). The maximum absolute atomic E-state index is 12.4. The zero-order valence-electron chi connectivity index (χ0n) is 16.4. The number of nitrogens with one attached hydrogen (secondary N) is 2. The number of carbonyl (C=O) groups is 2. The van der Waals surface area contributed by atoms with Gasteiger partial charge < -0.3 is 15.4 Å². The van der Waals surface area contributed by atoms with Gasteiger partial charge in [0.1, 0.15) is 0 Å². The van der Waals surface area contributed by atoms with Crippen LogP contribution < -0.4 is 10.6 Å². The van der Waals surface area contributed by atoms with Crippen LogP contribution in [0.1, 0.15) is 52.8 Å². The highest BCUT2D eigenvalue weighted by Gasteiger charge is 2.13. The zero-order chi connectivity index (χ0) is 19.6. The van der Waals surface area contributed by atoms with E-state index < -0.39 is 0 Å². The van der Waals surface area contributed by atoms with Crippen LogP contribution in [0.2, 0.25) is 0 Å². The first-order valence-corrected chi connectivity index (χ1v) is 10.2. The summed E-state index contributed by atoms with van der Waals surface area (Å²) < 4.78 is 5.32. The summed E-state index contributed by atoms with van der Waals surface area (Å²) in [7, 11) is 0. The van der Waals surface area contributed by atoms with Crippen LogP contribution in [-0.2, 0) is 4.74 Å². The second kappa shape index (κ2) is 10.9. The number of rotatable bonds is 8. The van der Waals surface area contributed by atoms with Crippen LogP contribution in [0, 0.1) is 0 Å². The molecule has 28 heavy (non-hydrogen) atoms. The van der Waals surface area contributed by atoms with Crippen LogP contribution in [0.15, 0.2) is 30.1 Å². The number of ether oxygens (including phenoxy) is 1. The van der Waals surface area contributed by atoms with Gasteiger partial charge in [0.25, 0.3) is 11.8 Å². The molecule has 152 valence electrons. The van der Waals surface area contributed by atoms with E-state index in [0.717, 1.165) is 52.1 Å². The molecular weight excluding hydrogens is 356 g/mol. The van der Waals surface area contributed by atoms with Crippen molar-refractivity contribution in [3.8, 4) is 0 Å². The molecule has 1 aliphatic heterocycles. The molecule has 3 rings (SSSR count). The molecule has 2 heterocycles. The Morgan fingerprint density at radius 3 is 2.43 bits per heavy atom. The van der Waals surface area contributed by atoms with Crippen molar-refractivity contribution in [1.82, 2.24) is 20.5 Å². The van der Waals surface area contributed by atoms with Crippen LogP contribution in [0.5, 0.6) is 0 Å². The summed E-state index contributed by atoms with van der Waals surface area (Å²) in [5.41, 5.74) is 2.25. The lowest BCUT2D eigenvalue weighted by Gasteiger charge is -2.26. The molecule has 1 fully saturated rings. The van der Waals surface area contributed by atoms with Gasteiger partial charge in [-0.1, -0.05) is 11.6 Å². The van der Waals surface area contributed by atoms with Gasteiger partial charge in [-0.15, -0.1) is 0 Å². The molecule has 0 atom stereocenters. The molecule has 7 nitrogen and oxygen atoms in total. The summed E-state index contributed by atoms with van der Waals surface area (Å²) in [6.45, 7) is 5.23. The Bertz CT molecular complexity index is 699. The Labute approximate surface area is 166 Å². The van der Waals surface area contributed by atoms with Crippen molar-refractivity contribution in [2.45, 2.75) is 32.1 Å². The number of amides is 2. The van der Waals surface area contributed by atoms with E-state index in [-0.39, 0.29) is 11.8 Å². The van der Waals surface area contributed by atoms with Gasteiger partial charge >= 0.3 is 0 Å². The minimum Gasteiger partial charge on any atom is -0.379 e. The molecule has 1 saturated heterocycles. The molecule has 1 aromatic rings. The first-order chi connectivity index (χ1) is 13.7. The van der Waals surface area contributed by atoms with Gasteiger partial charge in [-0.05, 0) is 38.2 Å². The minimum absolute atomic E-state index is 0.188. The number of aromatic nitrogens is 1. The largest absolute Gasteiger partial charge is 0.379 e. The Morgan fingerprint density at radius 2 is 1.75 bits per heavy atom. The fourth-order valence-electron chi connectivity index (χ4n) is 3.51. The van der Waals surface area contributed by atoms with Crippen molar-refractivity contribution >= 4 is 11.8 Å². The Balaban J connectivity index is 1.43. The first-order valence-electron chi connectivity index (χ1n) is 10.2. The van der Waals surface area contributed by atoms with E-state index in [1.54, 1.807) is 6.07 Å². The molecule has 2 aliphatic rings. The summed E-state index contributed by atoms with van der Waals surface area (Å²) >= 11 is 0. The molecular formula is C21H30N4O3. The van der Waals surface area contributed by atoms with Gasteiger partial charge in [0.15, 0.2) is 0 Å². The van der Waals surface area contributed by atoms with Gasteiger partial charge in [0, 0.05) is 45.1 Å². The molecule has 2 amide bonds. The van der Waals surface area contributed by atoms with Crippen molar-refractivity contribution < 1.29 is 14.3 Å². The summed E-state index contributed by atoms with van der Waals surface area (Å²) in [5.74, 6) is -0.394. The smallest absolute Gasteiger partial charge is 0.252 e. The molecule has 0 aromatic carbocycles. The van der Waals surface area contributed by atoms with Gasteiger partial charge in [0.05, 0.1) is 24.3 Å². The quantitative estimate of drug-likeness (QED) is 0.665. The lowest BCUT2D eigenvalue weighted by Crippen LogP contribution is -2.41. The number of hydrogen-bond acceptors (Lipinski definition) is 5. The summed E-state index contributed by atoms with van der Waals surface area (Å²) in [6, 6.07) is 1.60. The highest BCUT2D eigenvalue weighted by molar-refractivity contribution is 5.99. The Morgan fingerprint density at radius 1 is 1.04 bits per heavy atom. The number of nitrogens with zero attached hydrogens (tertiary/aromatic N) is 2. The number of pyridine rings is 1. The van der Waals surface area contributed by atoms with Gasteiger partial charge in [0.2, 0.25) is 0 Å². The zero-order valence-corrected chi connectivity index (χ0v) is 16.4. The van der Waals surface area contributed by atoms with Crippen LogP contribution in [0.3, 0.4) is 0 Å². The van der Waals surface area contributed by atoms with Crippen molar-refractivity contribution in [2.75, 3.05) is 45.9 Å². The molecule has 1 aliphatic carbocycles. The minimum atomic E-state index is -0.206. The number of carbonyl (C=O) groups excluding carboxylic acids is 2. The van der Waals surface area contributed by atoms with Crippen molar-refractivity contribution in [3.05, 3.63) is 41.2 Å². The van der Waals surface area contributed by atoms with E-state index in [1.165, 1.54) is 30.8 Å². The highest BCUT2D eigenvalue weighted by atomic mass is 16.5. The molecule has 0 bridgehead atoms. The third kappa shape index (κ3) is 6.42. The Kier molecular flexibility index (Phi) is 7.99. The topological polar surface area (TPSA) is 83.6 Å². The predicted molar refractivity (Wildman–Crippen MR) is 107 cm³/mol. The second-order valence-electron chi connectivity index (χ2n) is 7.29. The van der Waals surface area contributed by atoms with Crippen LogP contribution in [0.25, 0.3) is 0 Å². The van der Waals surface area contributed by atoms with E-state index in [2.05, 4.69) is 26.6 Å². The Hall–Kier alpha value is -2.25. The fourth-order valence-corrected chi connectivity index (χ4v) is 3.51. The number of hydrogen-bond donors (Lipinski definition) is 2. The fraction of sp³-hybridized carbons (Fsp3) is 0.571. The van der Waals surface area contributed by atoms with Crippen molar-refractivity contribution in [3.63, 3.8) is 0 Å². The summed E-state index contributed by atoms with van der Waals surface area (Å²) in [4.78, 5) is 31.0. The van der Waals surface area contributed by atoms with Gasteiger partial charge in [-0.3, -0.25) is 19.5 Å². The van der Waals surface area contributed by atoms with Crippen LogP contribution in [0.4, 0.5) is 0 Å². The maximum Gasteiger partial charge on any atom is 0.252 e. The SMILES string of the molecule is O=C(NCCC1=CCCCC1)c1cncc(C(=O)NCCN2CCOCC2)c1. The van der Waals surface area contributed by atoms with Gasteiger partial charge in [-0.25, -0.2) is 0 Å². The lowest BCUT2D eigenvalue weighted by atomic mass is 9.97. The van der Waals surface area contributed by atoms with Crippen LogP contribution in [-0.4, -0.2) is 67.6 Å². The maximum atomic E-state index is 12.4. The van der Waals surface area contributed by atoms with Crippen molar-refractivity contribution in [1.29, 1.82) is 0 Å². The van der Waals surface area contributed by atoms with E-state index in [0.29, 0.717) is 24.2 Å². The molecule has 7 heteroatoms. The summed E-state index contributed by atoms with van der Waals surface area (Å²) in [6.07, 6.45) is 11.0. The molecule has 0 radical (unpaired) electrons. The molecule has 2 N–H and O–H groups in total. The van der Waals surface area contributed by atoms with Crippen molar-refractivity contribution in [2.24, 2.45) is 0 Å². The third-order valence-electron chi connectivity index (χ3n) is 5.20. The second-order valence-corrected chi connectivity index (χ2v) is 7.29. The highest BCUT2D eigenvalue weighted by Crippen LogP contribution is 2.19. The van der Waals surface area contributed by atoms with E-state index in [4.69, 9.17) is 4.74 Å². The normalized spacial score (nSPS) is 17.6. The number of allylic oxidation sites excluding steroid dienone is 1. The van der Waals surface area contributed by atoms with E-state index in [1.807, 2.05) is 0 Å². The third-order valence-corrected chi connectivity index (χ3v) is 5.20. The van der Waals surface area contributed by atoms with Gasteiger partial charge in [-0.2, -0.15) is 0 Å². The average Bonchev–Trinajstić information content (AvgIpc) is 2.75. The molecule has 0 spiro atoms. The molecule has 0 saturated carbocycles. The number of morpholine rings is 1. The van der Waals surface area contributed by atoms with E-state index in [9.17, 15) is 9.59 Å².